The average molecular weight is 725 g/mol. The van der Waals surface area contributed by atoms with Crippen LogP contribution in [0.1, 0.15) is 77.3 Å². The van der Waals surface area contributed by atoms with Gasteiger partial charge < -0.3 is 30.3 Å². The van der Waals surface area contributed by atoms with Crippen molar-refractivity contribution in [1.29, 1.82) is 0 Å². The van der Waals surface area contributed by atoms with Crippen molar-refractivity contribution < 1.29 is 38.2 Å². The molecule has 3 N–H and O–H groups in total. The molecule has 2 aliphatic heterocycles. The molecule has 2 aromatic rings. The molecule has 2 bridgehead atoms. The van der Waals surface area contributed by atoms with Crippen LogP contribution in [0.4, 0.5) is 5.69 Å². The van der Waals surface area contributed by atoms with Gasteiger partial charge in [-0.2, -0.15) is 0 Å². The fourth-order valence-corrected chi connectivity index (χ4v) is 7.41. The molecule has 278 valence electrons. The number of methoxy groups -OCH3 is 2. The number of nitrogens with one attached hydrogen (secondary N) is 3. The summed E-state index contributed by atoms with van der Waals surface area (Å²) < 4.78 is 11.4. The second-order valence-corrected chi connectivity index (χ2v) is 13.8. The fraction of sp³-hybridized carbons (Fsp3) is 0.410. The summed E-state index contributed by atoms with van der Waals surface area (Å²) in [7, 11) is 5.11. The molecule has 5 aliphatic rings. The second kappa shape index (κ2) is 15.1. The number of hydrogen-bond donors (Lipinski definition) is 3. The number of carbonyl (C=O) groups excluding carboxylic acids is 6. The number of hydrogen-bond acceptors (Lipinski definition) is 11. The SMILES string of the molecule is C=C1C(C)=NC(c2cc(OC)c(CCCC(=O)NCCCNC(=O)CNc3cccc4c3C(=O)N(C35CC(C3)C(=O)CC5=O)C4=O)c(OC)c2)=CN1C. The first-order chi connectivity index (χ1) is 25.4. The number of fused-ring (bicyclic) bond motifs is 3. The van der Waals surface area contributed by atoms with E-state index in [1.165, 1.54) is 6.07 Å². The van der Waals surface area contributed by atoms with Crippen LogP contribution in [0.15, 0.2) is 53.8 Å². The highest BCUT2D eigenvalue weighted by atomic mass is 16.5. The van der Waals surface area contributed by atoms with E-state index >= 15 is 0 Å². The molecule has 3 fully saturated rings. The Bertz CT molecular complexity index is 1950. The molecule has 0 saturated heterocycles. The van der Waals surface area contributed by atoms with Crippen LogP contribution in [0.25, 0.3) is 5.70 Å². The highest BCUT2D eigenvalue weighted by molar-refractivity contribution is 6.27. The average Bonchev–Trinajstić information content (AvgIpc) is 3.38. The summed E-state index contributed by atoms with van der Waals surface area (Å²) in [5.41, 5.74) is 3.44. The zero-order valence-corrected chi connectivity index (χ0v) is 30.4. The van der Waals surface area contributed by atoms with Gasteiger partial charge in [0.15, 0.2) is 5.78 Å². The third-order valence-corrected chi connectivity index (χ3v) is 10.4. The lowest BCUT2D eigenvalue weighted by Crippen LogP contribution is -2.68. The van der Waals surface area contributed by atoms with Gasteiger partial charge in [0.25, 0.3) is 11.8 Å². The molecule has 0 aromatic heterocycles. The number of allylic oxidation sites excluding steroid dienone is 1. The molecule has 2 heterocycles. The minimum Gasteiger partial charge on any atom is -0.496 e. The van der Waals surface area contributed by atoms with Gasteiger partial charge >= 0.3 is 0 Å². The predicted octanol–water partition coefficient (Wildman–Crippen LogP) is 3.27. The van der Waals surface area contributed by atoms with Crippen molar-refractivity contribution in [3.05, 3.63) is 71.1 Å². The van der Waals surface area contributed by atoms with Gasteiger partial charge in [-0.25, -0.2) is 4.99 Å². The second-order valence-electron chi connectivity index (χ2n) is 13.8. The lowest BCUT2D eigenvalue weighted by atomic mass is 9.57. The van der Waals surface area contributed by atoms with Gasteiger partial charge in [-0.05, 0) is 63.3 Å². The van der Waals surface area contributed by atoms with Gasteiger partial charge in [-0.15, -0.1) is 0 Å². The Hall–Kier alpha value is -5.79. The van der Waals surface area contributed by atoms with Crippen LogP contribution >= 0.6 is 0 Å². The lowest BCUT2D eigenvalue weighted by Gasteiger charge is -2.53. The van der Waals surface area contributed by atoms with Gasteiger partial charge in [0.05, 0.1) is 55.4 Å². The number of anilines is 1. The van der Waals surface area contributed by atoms with Crippen molar-refractivity contribution >= 4 is 52.3 Å². The summed E-state index contributed by atoms with van der Waals surface area (Å²) >= 11 is 0. The number of carbonyl (C=O) groups is 6. The molecule has 3 saturated carbocycles. The molecule has 53 heavy (non-hydrogen) atoms. The zero-order valence-electron chi connectivity index (χ0n) is 30.4. The largest absolute Gasteiger partial charge is 0.496 e. The Balaban J connectivity index is 0.925. The Morgan fingerprint density at radius 3 is 2.30 bits per heavy atom. The molecule has 7 rings (SSSR count). The van der Waals surface area contributed by atoms with Crippen molar-refractivity contribution in [3.63, 3.8) is 0 Å². The third-order valence-electron chi connectivity index (χ3n) is 10.4. The minimum atomic E-state index is -1.26. The van der Waals surface area contributed by atoms with E-state index in [0.717, 1.165) is 33.1 Å². The monoisotopic (exact) mass is 724 g/mol. The van der Waals surface area contributed by atoms with Crippen LogP contribution in [0.3, 0.4) is 0 Å². The smallest absolute Gasteiger partial charge is 0.264 e. The van der Waals surface area contributed by atoms with Gasteiger partial charge in [0.1, 0.15) is 22.8 Å². The van der Waals surface area contributed by atoms with E-state index in [2.05, 4.69) is 27.5 Å². The van der Waals surface area contributed by atoms with Gasteiger partial charge in [-0.1, -0.05) is 12.6 Å². The zero-order chi connectivity index (χ0) is 38.0. The molecule has 2 aromatic carbocycles. The number of nitrogens with zero attached hydrogens (tertiary/aromatic N) is 3. The van der Waals surface area contributed by atoms with Crippen LogP contribution in [-0.4, -0.2) is 97.1 Å². The Kier molecular flexibility index (Phi) is 10.5. The minimum absolute atomic E-state index is 0.113. The molecule has 14 nitrogen and oxygen atoms in total. The van der Waals surface area contributed by atoms with Crippen LogP contribution in [0.2, 0.25) is 0 Å². The first-order valence-corrected chi connectivity index (χ1v) is 17.7. The van der Waals surface area contributed by atoms with E-state index in [1.807, 2.05) is 37.2 Å². The van der Waals surface area contributed by atoms with E-state index < -0.39 is 23.1 Å². The molecule has 3 aliphatic carbocycles. The molecule has 4 amide bonds. The van der Waals surface area contributed by atoms with Crippen molar-refractivity contribution in [1.82, 2.24) is 20.4 Å². The molecule has 14 heteroatoms. The Morgan fingerprint density at radius 1 is 0.981 bits per heavy atom. The summed E-state index contributed by atoms with van der Waals surface area (Å²) in [4.78, 5) is 84.4. The Labute approximate surface area is 307 Å². The van der Waals surface area contributed by atoms with Crippen molar-refractivity contribution in [2.45, 2.75) is 57.4 Å². The van der Waals surface area contributed by atoms with Crippen LogP contribution in [0.5, 0.6) is 11.5 Å². The van der Waals surface area contributed by atoms with Gasteiger partial charge in [-0.3, -0.25) is 33.7 Å². The standard InChI is InChI=1S/C39H44N6O8/c1-22-23(2)44(3)21-29(43-22)24-15-31(52-4)26(32(16-24)53-5)9-7-12-34(48)40-13-8-14-41-35(49)20-42-28-11-6-10-27-36(28)38(51)45(37(27)50)39-18-25(19-39)30(46)17-33(39)47/h6,10-11,15-16,21,25,42H,2,7-9,12-14,17-20H2,1,3-5H3,(H,40,48)(H,41,49). The summed E-state index contributed by atoms with van der Waals surface area (Å²) in [6.07, 6.45) is 3.91. The number of amides is 4. The highest BCUT2D eigenvalue weighted by Gasteiger charge is 2.64. The molecule has 0 unspecified atom stereocenters. The predicted molar refractivity (Wildman–Crippen MR) is 197 cm³/mol. The maximum Gasteiger partial charge on any atom is 0.264 e. The molecule has 0 spiro atoms. The van der Waals surface area contributed by atoms with Crippen LogP contribution < -0.4 is 25.4 Å². The quantitative estimate of drug-likeness (QED) is 0.141. The van der Waals surface area contributed by atoms with Crippen molar-refractivity contribution in [2.75, 3.05) is 46.2 Å². The summed E-state index contributed by atoms with van der Waals surface area (Å²) in [6, 6.07) is 8.57. The summed E-state index contributed by atoms with van der Waals surface area (Å²) in [5, 5.41) is 8.61. The number of benzene rings is 2. The molecule has 0 atom stereocenters. The van der Waals surface area contributed by atoms with Crippen LogP contribution in [0, 0.1) is 5.92 Å². The van der Waals surface area contributed by atoms with E-state index in [-0.39, 0.29) is 60.4 Å². The van der Waals surface area contributed by atoms with Gasteiger partial charge in [0.2, 0.25) is 11.8 Å². The maximum absolute atomic E-state index is 13.5. The highest BCUT2D eigenvalue weighted by Crippen LogP contribution is 2.51. The Morgan fingerprint density at radius 2 is 1.66 bits per heavy atom. The van der Waals surface area contributed by atoms with Crippen LogP contribution in [-0.2, 0) is 25.6 Å². The number of imide groups is 1. The van der Waals surface area contributed by atoms with E-state index in [1.54, 1.807) is 26.4 Å². The summed E-state index contributed by atoms with van der Waals surface area (Å²) in [5.74, 6) is -1.15. The topological polar surface area (TPSA) is 176 Å². The number of ketones is 2. The van der Waals surface area contributed by atoms with Gasteiger partial charge in [0, 0.05) is 55.5 Å². The number of Topliss-reactive ketones (excluding diaryl/α,β-unsaturated/α-hetero) is 2. The van der Waals surface area contributed by atoms with E-state index in [9.17, 15) is 28.8 Å². The number of rotatable bonds is 15. The maximum atomic E-state index is 13.5. The molecular weight excluding hydrogens is 680 g/mol. The molecular formula is C39H44N6O8. The number of ether oxygens (including phenoxy) is 2. The fourth-order valence-electron chi connectivity index (χ4n) is 7.41. The lowest BCUT2D eigenvalue weighted by molar-refractivity contribution is -0.153. The van der Waals surface area contributed by atoms with Crippen molar-refractivity contribution in [2.24, 2.45) is 10.9 Å². The third kappa shape index (κ3) is 7.05. The first kappa shape index (κ1) is 37.0. The normalized spacial score (nSPS) is 20.4. The summed E-state index contributed by atoms with van der Waals surface area (Å²) in [6.45, 7) is 6.47. The number of aliphatic imine (C=N–C) groups is 1. The van der Waals surface area contributed by atoms with E-state index in [0.29, 0.717) is 56.0 Å². The molecule has 0 radical (unpaired) electrons. The van der Waals surface area contributed by atoms with Crippen molar-refractivity contribution in [3.8, 4) is 11.5 Å². The van der Waals surface area contributed by atoms with E-state index in [4.69, 9.17) is 9.47 Å². The first-order valence-electron chi connectivity index (χ1n) is 17.7.